The van der Waals surface area contributed by atoms with Crippen LogP contribution in [0.25, 0.3) is 11.2 Å². The summed E-state index contributed by atoms with van der Waals surface area (Å²) in [5.41, 5.74) is 1.85. The van der Waals surface area contributed by atoms with Crippen LogP contribution in [0.1, 0.15) is 12.8 Å². The van der Waals surface area contributed by atoms with Crippen LogP contribution < -0.4 is 15.1 Å². The summed E-state index contributed by atoms with van der Waals surface area (Å²) in [6.45, 7) is 6.06. The molecule has 4 heterocycles. The number of aryl methyl sites for hydroxylation is 1. The molecule has 7 nitrogen and oxygen atoms in total. The molecule has 0 radical (unpaired) electrons. The number of rotatable bonds is 2. The van der Waals surface area contributed by atoms with E-state index in [1.807, 2.05) is 17.9 Å². The van der Waals surface area contributed by atoms with Gasteiger partial charge in [0.05, 0.1) is 6.33 Å². The van der Waals surface area contributed by atoms with Gasteiger partial charge in [0.15, 0.2) is 17.0 Å². The number of nitrogens with one attached hydrogen (secondary N) is 1. The minimum absolute atomic E-state index is 0. The summed E-state index contributed by atoms with van der Waals surface area (Å²) in [6, 6.07) is 0. The third-order valence-corrected chi connectivity index (χ3v) is 4.33. The number of aromatic nitrogens is 4. The molecule has 9 heteroatoms. The zero-order valence-electron chi connectivity index (χ0n) is 13.2. The number of piperazine rings is 1. The molecule has 2 saturated heterocycles. The minimum Gasteiger partial charge on any atom is -0.352 e. The average Bonchev–Trinajstić information content (AvgIpc) is 3.18. The van der Waals surface area contributed by atoms with Crippen LogP contribution in [0.2, 0.25) is 0 Å². The second-order valence-electron chi connectivity index (χ2n) is 5.81. The highest BCUT2D eigenvalue weighted by Gasteiger charge is 2.22. The number of fused-ring (bicyclic) bond motifs is 1. The number of nitrogens with zero attached hydrogens (tertiary/aromatic N) is 6. The molecule has 0 amide bonds. The van der Waals surface area contributed by atoms with Crippen LogP contribution in [0.4, 0.5) is 11.8 Å². The zero-order valence-corrected chi connectivity index (χ0v) is 14.9. The Morgan fingerprint density at radius 1 is 0.957 bits per heavy atom. The molecule has 4 rings (SSSR count). The third kappa shape index (κ3) is 3.32. The number of anilines is 2. The molecule has 2 aromatic rings. The molecule has 0 aliphatic carbocycles. The van der Waals surface area contributed by atoms with E-state index < -0.39 is 0 Å². The van der Waals surface area contributed by atoms with E-state index in [2.05, 4.69) is 20.1 Å². The second-order valence-corrected chi connectivity index (χ2v) is 5.81. The van der Waals surface area contributed by atoms with Gasteiger partial charge in [-0.1, -0.05) is 0 Å². The predicted octanol–water partition coefficient (Wildman–Crippen LogP) is 1.22. The predicted molar refractivity (Wildman–Crippen MR) is 97.3 cm³/mol. The maximum Gasteiger partial charge on any atom is 0.229 e. The van der Waals surface area contributed by atoms with Crippen LogP contribution in [0.5, 0.6) is 0 Å². The monoisotopic (exact) mass is 359 g/mol. The molecule has 2 aromatic heterocycles. The second kappa shape index (κ2) is 7.51. The lowest BCUT2D eigenvalue weighted by Gasteiger charge is -2.29. The Morgan fingerprint density at radius 2 is 1.65 bits per heavy atom. The van der Waals surface area contributed by atoms with Crippen molar-refractivity contribution in [3.05, 3.63) is 6.33 Å². The van der Waals surface area contributed by atoms with Crippen molar-refractivity contribution in [1.29, 1.82) is 0 Å². The first-order valence-corrected chi connectivity index (χ1v) is 7.72. The van der Waals surface area contributed by atoms with E-state index in [0.29, 0.717) is 0 Å². The van der Waals surface area contributed by atoms with Crippen molar-refractivity contribution in [2.45, 2.75) is 12.8 Å². The van der Waals surface area contributed by atoms with E-state index in [0.717, 1.165) is 62.2 Å². The first kappa shape index (κ1) is 18.0. The number of hydrogen-bond acceptors (Lipinski definition) is 6. The summed E-state index contributed by atoms with van der Waals surface area (Å²) in [5, 5.41) is 3.39. The van der Waals surface area contributed by atoms with E-state index in [-0.39, 0.29) is 24.8 Å². The highest BCUT2D eigenvalue weighted by Crippen LogP contribution is 2.26. The quantitative estimate of drug-likeness (QED) is 0.869. The van der Waals surface area contributed by atoms with Crippen molar-refractivity contribution in [1.82, 2.24) is 24.8 Å². The van der Waals surface area contributed by atoms with Gasteiger partial charge in [-0.05, 0) is 12.8 Å². The van der Waals surface area contributed by atoms with Crippen LogP contribution in [-0.2, 0) is 7.05 Å². The Balaban J connectivity index is 0.000000960. The lowest BCUT2D eigenvalue weighted by molar-refractivity contribution is 0.585. The Morgan fingerprint density at radius 3 is 2.35 bits per heavy atom. The van der Waals surface area contributed by atoms with E-state index in [9.17, 15) is 0 Å². The lowest BCUT2D eigenvalue weighted by atomic mass is 10.3. The summed E-state index contributed by atoms with van der Waals surface area (Å²) < 4.78 is 1.99. The lowest BCUT2D eigenvalue weighted by Crippen LogP contribution is -2.44. The Kier molecular flexibility index (Phi) is 5.89. The molecule has 0 spiro atoms. The first-order chi connectivity index (χ1) is 10.3. The van der Waals surface area contributed by atoms with Gasteiger partial charge in [0.1, 0.15) is 0 Å². The SMILES string of the molecule is Cl.Cl.Cn1cnc2c(N3CCNCC3)nc(N3CCCC3)nc21. The smallest absolute Gasteiger partial charge is 0.229 e. The molecule has 23 heavy (non-hydrogen) atoms. The van der Waals surface area contributed by atoms with Crippen molar-refractivity contribution >= 4 is 47.7 Å². The molecule has 0 unspecified atom stereocenters. The largest absolute Gasteiger partial charge is 0.352 e. The molecule has 2 aliphatic rings. The van der Waals surface area contributed by atoms with Crippen molar-refractivity contribution in [3.63, 3.8) is 0 Å². The summed E-state index contributed by atoms with van der Waals surface area (Å²) in [6.07, 6.45) is 4.30. The van der Waals surface area contributed by atoms with Crippen LogP contribution in [-0.4, -0.2) is 58.8 Å². The summed E-state index contributed by atoms with van der Waals surface area (Å²) in [4.78, 5) is 18.7. The fourth-order valence-corrected chi connectivity index (χ4v) is 3.14. The molecule has 1 N–H and O–H groups in total. The van der Waals surface area contributed by atoms with Gasteiger partial charge in [0.25, 0.3) is 0 Å². The fourth-order valence-electron chi connectivity index (χ4n) is 3.14. The van der Waals surface area contributed by atoms with Crippen LogP contribution in [0.15, 0.2) is 6.33 Å². The van der Waals surface area contributed by atoms with Gasteiger partial charge in [-0.3, -0.25) is 0 Å². The van der Waals surface area contributed by atoms with Crippen LogP contribution in [0.3, 0.4) is 0 Å². The number of halogens is 2. The van der Waals surface area contributed by atoms with Gasteiger partial charge in [0, 0.05) is 46.3 Å². The Hall–Kier alpha value is -1.31. The van der Waals surface area contributed by atoms with Gasteiger partial charge in [-0.2, -0.15) is 9.97 Å². The highest BCUT2D eigenvalue weighted by atomic mass is 35.5. The van der Waals surface area contributed by atoms with Gasteiger partial charge in [-0.25, -0.2) is 4.98 Å². The average molecular weight is 360 g/mol. The molecule has 0 saturated carbocycles. The highest BCUT2D eigenvalue weighted by molar-refractivity contribution is 5.86. The van der Waals surface area contributed by atoms with E-state index in [1.165, 1.54) is 12.8 Å². The molecule has 128 valence electrons. The summed E-state index contributed by atoms with van der Waals surface area (Å²) in [5.74, 6) is 1.85. The van der Waals surface area contributed by atoms with Crippen molar-refractivity contribution < 1.29 is 0 Å². The van der Waals surface area contributed by atoms with E-state index in [1.54, 1.807) is 0 Å². The van der Waals surface area contributed by atoms with Crippen molar-refractivity contribution in [2.75, 3.05) is 49.1 Å². The summed E-state index contributed by atoms with van der Waals surface area (Å²) >= 11 is 0. The molecular weight excluding hydrogens is 337 g/mol. The van der Waals surface area contributed by atoms with Crippen molar-refractivity contribution in [3.8, 4) is 0 Å². The van der Waals surface area contributed by atoms with E-state index in [4.69, 9.17) is 9.97 Å². The van der Waals surface area contributed by atoms with Crippen LogP contribution >= 0.6 is 24.8 Å². The maximum atomic E-state index is 4.86. The molecule has 2 aliphatic heterocycles. The van der Waals surface area contributed by atoms with E-state index >= 15 is 0 Å². The van der Waals surface area contributed by atoms with Gasteiger partial charge >= 0.3 is 0 Å². The Labute approximate surface area is 148 Å². The molecular formula is C14H23Cl2N7. The third-order valence-electron chi connectivity index (χ3n) is 4.33. The molecule has 0 bridgehead atoms. The zero-order chi connectivity index (χ0) is 14.2. The first-order valence-electron chi connectivity index (χ1n) is 7.72. The number of hydrogen-bond donors (Lipinski definition) is 1. The maximum absolute atomic E-state index is 4.86. The fraction of sp³-hybridized carbons (Fsp3) is 0.643. The molecule has 0 atom stereocenters. The van der Waals surface area contributed by atoms with Gasteiger partial charge in [0.2, 0.25) is 5.95 Å². The van der Waals surface area contributed by atoms with Gasteiger partial charge < -0.3 is 19.7 Å². The Bertz CT molecular complexity index is 648. The molecule has 2 fully saturated rings. The minimum atomic E-state index is 0. The standard InChI is InChI=1S/C14H21N7.2ClH/c1-19-10-16-11-12(19)17-14(21-6-2-3-7-21)18-13(11)20-8-4-15-5-9-20;;/h10,15H,2-9H2,1H3;2*1H. The van der Waals surface area contributed by atoms with Crippen molar-refractivity contribution in [2.24, 2.45) is 7.05 Å². The summed E-state index contributed by atoms with van der Waals surface area (Å²) in [7, 11) is 2.00. The normalized spacial score (nSPS) is 18.0. The number of imidazole rings is 1. The topological polar surface area (TPSA) is 62.1 Å². The van der Waals surface area contributed by atoms with Crippen LogP contribution in [0, 0.1) is 0 Å². The molecule has 0 aromatic carbocycles. The van der Waals surface area contributed by atoms with Gasteiger partial charge in [-0.15, -0.1) is 24.8 Å².